The maximum atomic E-state index is 12.1. The first-order valence-corrected chi connectivity index (χ1v) is 8.34. The van der Waals surface area contributed by atoms with Crippen LogP contribution in [0.4, 0.5) is 5.82 Å². The average molecular weight is 333 g/mol. The van der Waals surface area contributed by atoms with Gasteiger partial charge in [-0.3, -0.25) is 4.57 Å². The number of aryl methyl sites for hydroxylation is 2. The number of hydrogen-bond donors (Lipinski definition) is 2. The highest BCUT2D eigenvalue weighted by Gasteiger charge is 2.11. The van der Waals surface area contributed by atoms with Crippen molar-refractivity contribution < 1.29 is 0 Å². The van der Waals surface area contributed by atoms with Gasteiger partial charge in [-0.05, 0) is 31.5 Å². The van der Waals surface area contributed by atoms with Crippen LogP contribution in [0.15, 0.2) is 47.3 Å². The number of H-pyrrole nitrogens is 1. The lowest BCUT2D eigenvalue weighted by Gasteiger charge is -2.10. The summed E-state index contributed by atoms with van der Waals surface area (Å²) in [5, 5.41) is 4.30. The van der Waals surface area contributed by atoms with Crippen molar-refractivity contribution >= 4 is 27.8 Å². The Labute approximate surface area is 144 Å². The van der Waals surface area contributed by atoms with E-state index in [1.807, 2.05) is 44.2 Å². The molecule has 2 heterocycles. The van der Waals surface area contributed by atoms with Crippen molar-refractivity contribution in [3.63, 3.8) is 0 Å². The minimum absolute atomic E-state index is 0.101. The van der Waals surface area contributed by atoms with Crippen molar-refractivity contribution in [2.75, 3.05) is 5.32 Å². The minimum atomic E-state index is -0.101. The van der Waals surface area contributed by atoms with Gasteiger partial charge in [0.1, 0.15) is 11.6 Å². The second kappa shape index (κ2) is 6.05. The van der Waals surface area contributed by atoms with E-state index in [4.69, 9.17) is 0 Å². The summed E-state index contributed by atoms with van der Waals surface area (Å²) < 4.78 is 1.71. The molecular weight excluding hydrogens is 314 g/mol. The predicted octanol–water partition coefficient (Wildman–Crippen LogP) is 3.21. The molecule has 0 amide bonds. The summed E-state index contributed by atoms with van der Waals surface area (Å²) in [6.07, 6.45) is 0. The van der Waals surface area contributed by atoms with Gasteiger partial charge in [0.15, 0.2) is 0 Å². The second-order valence-corrected chi connectivity index (χ2v) is 6.02. The fourth-order valence-electron chi connectivity index (χ4n) is 3.13. The zero-order chi connectivity index (χ0) is 17.4. The van der Waals surface area contributed by atoms with Crippen molar-refractivity contribution in [3.8, 4) is 0 Å². The third-order valence-corrected chi connectivity index (χ3v) is 4.32. The molecule has 25 heavy (non-hydrogen) atoms. The van der Waals surface area contributed by atoms with Crippen LogP contribution in [0, 0.1) is 6.92 Å². The Morgan fingerprint density at radius 2 is 1.96 bits per heavy atom. The largest absolute Gasteiger partial charge is 0.365 e. The van der Waals surface area contributed by atoms with Crippen molar-refractivity contribution in [2.45, 2.75) is 26.9 Å². The van der Waals surface area contributed by atoms with Crippen LogP contribution in [0.2, 0.25) is 0 Å². The Balaban J connectivity index is 1.83. The van der Waals surface area contributed by atoms with E-state index >= 15 is 0 Å². The highest BCUT2D eigenvalue weighted by Crippen LogP contribution is 2.25. The first kappa shape index (κ1) is 15.4. The molecule has 2 N–H and O–H groups in total. The molecule has 0 saturated heterocycles. The highest BCUT2D eigenvalue weighted by atomic mass is 16.1. The fourth-order valence-corrected chi connectivity index (χ4v) is 3.13. The number of anilines is 1. The zero-order valence-electron chi connectivity index (χ0n) is 14.2. The molecule has 0 bridgehead atoms. The summed E-state index contributed by atoms with van der Waals surface area (Å²) in [5.41, 5.74) is 3.58. The van der Waals surface area contributed by atoms with Crippen LogP contribution in [0.25, 0.3) is 21.9 Å². The van der Waals surface area contributed by atoms with E-state index in [1.165, 1.54) is 5.56 Å². The molecular formula is C19H19N5O. The van der Waals surface area contributed by atoms with E-state index in [-0.39, 0.29) is 5.69 Å². The van der Waals surface area contributed by atoms with E-state index in [1.54, 1.807) is 4.57 Å². The van der Waals surface area contributed by atoms with Crippen LogP contribution in [0.1, 0.15) is 18.3 Å². The lowest BCUT2D eigenvalue weighted by molar-refractivity contribution is 0.753. The summed E-state index contributed by atoms with van der Waals surface area (Å²) in [4.78, 5) is 24.1. The van der Waals surface area contributed by atoms with Crippen molar-refractivity contribution in [3.05, 3.63) is 64.3 Å². The second-order valence-electron chi connectivity index (χ2n) is 6.02. The smallest absolute Gasteiger partial charge is 0.326 e. The molecule has 6 heteroatoms. The third kappa shape index (κ3) is 2.76. The molecule has 0 radical (unpaired) electrons. The molecule has 0 aliphatic carbocycles. The lowest BCUT2D eigenvalue weighted by atomic mass is 10.2. The van der Waals surface area contributed by atoms with Gasteiger partial charge in [-0.25, -0.2) is 14.8 Å². The van der Waals surface area contributed by atoms with Gasteiger partial charge in [0.05, 0.1) is 16.6 Å². The third-order valence-electron chi connectivity index (χ3n) is 4.32. The molecule has 6 nitrogen and oxygen atoms in total. The maximum Gasteiger partial charge on any atom is 0.326 e. The van der Waals surface area contributed by atoms with Gasteiger partial charge < -0.3 is 10.3 Å². The van der Waals surface area contributed by atoms with Crippen LogP contribution in [0.5, 0.6) is 0 Å². The van der Waals surface area contributed by atoms with Crippen molar-refractivity contribution in [1.82, 2.24) is 19.5 Å². The van der Waals surface area contributed by atoms with Gasteiger partial charge in [-0.15, -0.1) is 0 Å². The summed E-state index contributed by atoms with van der Waals surface area (Å²) in [6, 6.07) is 14.1. The molecule has 2 aromatic carbocycles. The molecule has 4 rings (SSSR count). The number of nitrogens with zero attached hydrogens (tertiary/aromatic N) is 3. The molecule has 0 unspecified atom stereocenters. The number of rotatable bonds is 4. The Hall–Kier alpha value is -3.15. The molecule has 4 aromatic rings. The van der Waals surface area contributed by atoms with Gasteiger partial charge >= 0.3 is 5.69 Å². The number of hydrogen-bond acceptors (Lipinski definition) is 4. The molecule has 0 atom stereocenters. The fraction of sp³-hybridized carbons (Fsp3) is 0.211. The Bertz CT molecular complexity index is 1110. The van der Waals surface area contributed by atoms with Crippen LogP contribution in [-0.2, 0) is 13.1 Å². The summed E-state index contributed by atoms with van der Waals surface area (Å²) in [5.74, 6) is 1.47. The zero-order valence-corrected chi connectivity index (χ0v) is 14.2. The van der Waals surface area contributed by atoms with Gasteiger partial charge in [-0.1, -0.05) is 30.3 Å². The summed E-state index contributed by atoms with van der Waals surface area (Å²) >= 11 is 0. The molecule has 0 saturated carbocycles. The number of nitrogens with one attached hydrogen (secondary N) is 2. The molecule has 126 valence electrons. The minimum Gasteiger partial charge on any atom is -0.365 e. The lowest BCUT2D eigenvalue weighted by Crippen LogP contribution is -2.14. The average Bonchev–Trinajstić information content (AvgIpc) is 2.92. The van der Waals surface area contributed by atoms with Gasteiger partial charge in [0, 0.05) is 18.5 Å². The first-order valence-electron chi connectivity index (χ1n) is 8.34. The van der Waals surface area contributed by atoms with Gasteiger partial charge in [-0.2, -0.15) is 0 Å². The van der Waals surface area contributed by atoms with Crippen molar-refractivity contribution in [2.24, 2.45) is 0 Å². The van der Waals surface area contributed by atoms with Gasteiger partial charge in [0.2, 0.25) is 0 Å². The Morgan fingerprint density at radius 3 is 2.72 bits per heavy atom. The maximum absolute atomic E-state index is 12.1. The number of benzene rings is 2. The number of imidazole rings is 1. The topological polar surface area (TPSA) is 75.6 Å². The first-order chi connectivity index (χ1) is 12.2. The number of aromatic amines is 1. The summed E-state index contributed by atoms with van der Waals surface area (Å²) in [7, 11) is 0. The van der Waals surface area contributed by atoms with Crippen LogP contribution < -0.4 is 11.0 Å². The Morgan fingerprint density at radius 1 is 1.16 bits per heavy atom. The van der Waals surface area contributed by atoms with E-state index in [0.29, 0.717) is 18.9 Å². The summed E-state index contributed by atoms with van der Waals surface area (Å²) in [6.45, 7) is 5.13. The SMILES string of the molecule is CCn1c(=O)[nH]c2cc3c(NCc4ccccc4)nc(C)nc3cc21. The molecule has 0 spiro atoms. The monoisotopic (exact) mass is 333 g/mol. The van der Waals surface area contributed by atoms with E-state index in [9.17, 15) is 4.79 Å². The number of aromatic nitrogens is 4. The highest BCUT2D eigenvalue weighted by molar-refractivity contribution is 5.98. The molecule has 0 aliphatic rings. The van der Waals surface area contributed by atoms with Gasteiger partial charge in [0.25, 0.3) is 0 Å². The predicted molar refractivity (Wildman–Crippen MR) is 99.8 cm³/mol. The quantitative estimate of drug-likeness (QED) is 0.601. The van der Waals surface area contributed by atoms with E-state index in [0.717, 1.165) is 27.8 Å². The van der Waals surface area contributed by atoms with Crippen LogP contribution >= 0.6 is 0 Å². The number of fused-ring (bicyclic) bond motifs is 2. The molecule has 0 aliphatic heterocycles. The van der Waals surface area contributed by atoms with Crippen LogP contribution in [0.3, 0.4) is 0 Å². The van der Waals surface area contributed by atoms with Crippen LogP contribution in [-0.4, -0.2) is 19.5 Å². The Kier molecular flexibility index (Phi) is 3.72. The van der Waals surface area contributed by atoms with E-state index < -0.39 is 0 Å². The molecule has 2 aromatic heterocycles. The van der Waals surface area contributed by atoms with E-state index in [2.05, 4.69) is 32.4 Å². The normalized spacial score (nSPS) is 11.3. The molecule has 0 fully saturated rings. The van der Waals surface area contributed by atoms with Crippen molar-refractivity contribution in [1.29, 1.82) is 0 Å². The standard InChI is InChI=1S/C19H19N5O/c1-3-24-17-10-15-14(9-16(17)23-19(24)25)18(22-12(2)21-15)20-11-13-7-5-4-6-8-13/h4-10H,3,11H2,1-2H3,(H,23,25)(H,20,21,22).